The van der Waals surface area contributed by atoms with E-state index in [2.05, 4.69) is 146 Å². The van der Waals surface area contributed by atoms with Crippen molar-refractivity contribution in [2.24, 2.45) is 0 Å². The number of benzene rings is 7. The fraction of sp³-hybridized carbons (Fsp3) is 0. The average molecular weight is 521 g/mol. The van der Waals surface area contributed by atoms with Crippen molar-refractivity contribution < 1.29 is 4.42 Å². The third kappa shape index (κ3) is 3.30. The van der Waals surface area contributed by atoms with Crippen molar-refractivity contribution in [3.05, 3.63) is 146 Å². The summed E-state index contributed by atoms with van der Waals surface area (Å²) < 4.78 is 6.42. The van der Waals surface area contributed by atoms with Crippen LogP contribution in [0.2, 0.25) is 0 Å². The second kappa shape index (κ2) is 8.55. The van der Waals surface area contributed by atoms with E-state index in [9.17, 15) is 0 Å². The van der Waals surface area contributed by atoms with Gasteiger partial charge in [-0.05, 0) is 90.7 Å². The van der Waals surface area contributed by atoms with Crippen LogP contribution < -0.4 is 0 Å². The van der Waals surface area contributed by atoms with Crippen LogP contribution in [0, 0.1) is 0 Å². The normalized spacial score (nSPS) is 11.9. The van der Waals surface area contributed by atoms with Gasteiger partial charge in [0.2, 0.25) is 0 Å². The lowest BCUT2D eigenvalue weighted by Gasteiger charge is -2.11. The SMILES string of the molecule is c1ccc(-c2cccc(-c3ccc4oc5cccc(-c6ccc7c8c(cccc68)-c6ccccc6-7)c5c4c3)c2)cc1. The molecule has 0 N–H and O–H groups in total. The highest BCUT2D eigenvalue weighted by molar-refractivity contribution is 6.22. The van der Waals surface area contributed by atoms with Crippen LogP contribution in [-0.2, 0) is 0 Å². The number of hydrogen-bond acceptors (Lipinski definition) is 1. The minimum absolute atomic E-state index is 0.911. The summed E-state index contributed by atoms with van der Waals surface area (Å²) in [6.45, 7) is 0. The van der Waals surface area contributed by atoms with Gasteiger partial charge in [-0.2, -0.15) is 0 Å². The van der Waals surface area contributed by atoms with Gasteiger partial charge in [0.05, 0.1) is 0 Å². The Labute approximate surface area is 237 Å². The van der Waals surface area contributed by atoms with Gasteiger partial charge in [0.25, 0.3) is 0 Å². The van der Waals surface area contributed by atoms with Crippen molar-refractivity contribution in [2.75, 3.05) is 0 Å². The van der Waals surface area contributed by atoms with E-state index < -0.39 is 0 Å². The maximum absolute atomic E-state index is 6.42. The van der Waals surface area contributed by atoms with Crippen LogP contribution in [0.15, 0.2) is 150 Å². The molecule has 0 bridgehead atoms. The second-order valence-corrected chi connectivity index (χ2v) is 10.9. The van der Waals surface area contributed by atoms with Crippen LogP contribution in [0.25, 0.3) is 88.3 Å². The first-order valence-corrected chi connectivity index (χ1v) is 14.1. The summed E-state index contributed by atoms with van der Waals surface area (Å²) >= 11 is 0. The summed E-state index contributed by atoms with van der Waals surface area (Å²) in [5.74, 6) is 0. The smallest absolute Gasteiger partial charge is 0.136 e. The number of rotatable bonds is 3. The fourth-order valence-electron chi connectivity index (χ4n) is 6.78. The molecule has 1 nitrogen and oxygen atoms in total. The van der Waals surface area contributed by atoms with Gasteiger partial charge in [-0.25, -0.2) is 0 Å². The molecule has 8 aromatic rings. The first kappa shape index (κ1) is 22.4. The first-order valence-electron chi connectivity index (χ1n) is 14.1. The van der Waals surface area contributed by atoms with E-state index in [1.807, 2.05) is 0 Å². The number of furan rings is 1. The van der Waals surface area contributed by atoms with Gasteiger partial charge in [-0.1, -0.05) is 121 Å². The molecular formula is C40H24O. The van der Waals surface area contributed by atoms with Crippen molar-refractivity contribution in [1.82, 2.24) is 0 Å². The predicted octanol–water partition coefficient (Wildman–Crippen LogP) is 11.4. The molecule has 1 aliphatic rings. The van der Waals surface area contributed by atoms with Gasteiger partial charge < -0.3 is 4.42 Å². The van der Waals surface area contributed by atoms with E-state index in [4.69, 9.17) is 4.42 Å². The summed E-state index contributed by atoms with van der Waals surface area (Å²) in [7, 11) is 0. The molecule has 7 aromatic carbocycles. The molecular weight excluding hydrogens is 496 g/mol. The molecule has 0 fully saturated rings. The van der Waals surface area contributed by atoms with E-state index >= 15 is 0 Å². The van der Waals surface area contributed by atoms with Gasteiger partial charge in [-0.15, -0.1) is 0 Å². The maximum Gasteiger partial charge on any atom is 0.136 e. The fourth-order valence-corrected chi connectivity index (χ4v) is 6.78. The molecule has 1 aliphatic carbocycles. The van der Waals surface area contributed by atoms with Crippen molar-refractivity contribution in [1.29, 1.82) is 0 Å². The van der Waals surface area contributed by atoms with E-state index in [1.54, 1.807) is 0 Å². The molecule has 0 saturated carbocycles. The van der Waals surface area contributed by atoms with E-state index in [0.717, 1.165) is 16.6 Å². The van der Waals surface area contributed by atoms with Gasteiger partial charge >= 0.3 is 0 Å². The Kier molecular flexibility index (Phi) is 4.67. The van der Waals surface area contributed by atoms with Gasteiger partial charge in [0.1, 0.15) is 11.2 Å². The highest BCUT2D eigenvalue weighted by atomic mass is 16.3. The molecule has 0 amide bonds. The zero-order valence-corrected chi connectivity index (χ0v) is 22.3. The highest BCUT2D eigenvalue weighted by Crippen LogP contribution is 2.50. The number of fused-ring (bicyclic) bond motifs is 6. The molecule has 190 valence electrons. The monoisotopic (exact) mass is 520 g/mol. The summed E-state index contributed by atoms with van der Waals surface area (Å²) in [6, 6.07) is 52.4. The Hall–Kier alpha value is -5.40. The molecule has 0 saturated heterocycles. The molecule has 9 rings (SSSR count). The zero-order chi connectivity index (χ0) is 26.9. The molecule has 1 aromatic heterocycles. The zero-order valence-electron chi connectivity index (χ0n) is 22.3. The van der Waals surface area contributed by atoms with Crippen LogP contribution in [0.3, 0.4) is 0 Å². The summed E-state index contributed by atoms with van der Waals surface area (Å²) in [4.78, 5) is 0. The Morgan fingerprint density at radius 3 is 1.71 bits per heavy atom. The lowest BCUT2D eigenvalue weighted by atomic mass is 9.91. The molecule has 0 spiro atoms. The second-order valence-electron chi connectivity index (χ2n) is 10.9. The quantitative estimate of drug-likeness (QED) is 0.226. The van der Waals surface area contributed by atoms with Crippen LogP contribution >= 0.6 is 0 Å². The molecule has 0 radical (unpaired) electrons. The van der Waals surface area contributed by atoms with E-state index in [0.29, 0.717) is 0 Å². The molecule has 1 heteroatoms. The minimum Gasteiger partial charge on any atom is -0.456 e. The molecule has 0 unspecified atom stereocenters. The molecule has 0 aliphatic heterocycles. The Balaban J connectivity index is 1.26. The lowest BCUT2D eigenvalue weighted by Crippen LogP contribution is -1.85. The standard InChI is InChI=1S/C40H24O/c1-2-9-25(10-3-1)26-11-6-12-27(23-26)28-19-22-37-36(24-28)40-34(17-8-18-38(40)41-37)31-20-21-35-30-14-5-4-13-29(30)32-15-7-16-33(31)39(32)35/h1-24H. The summed E-state index contributed by atoms with van der Waals surface area (Å²) in [5.41, 5.74) is 14.4. The van der Waals surface area contributed by atoms with Gasteiger partial charge in [-0.3, -0.25) is 0 Å². The van der Waals surface area contributed by atoms with Crippen molar-refractivity contribution in [2.45, 2.75) is 0 Å². The Morgan fingerprint density at radius 1 is 0.293 bits per heavy atom. The predicted molar refractivity (Wildman–Crippen MR) is 172 cm³/mol. The average Bonchev–Trinajstić information content (AvgIpc) is 3.58. The molecule has 41 heavy (non-hydrogen) atoms. The number of hydrogen-bond donors (Lipinski definition) is 0. The van der Waals surface area contributed by atoms with Crippen molar-refractivity contribution in [3.8, 4) is 55.6 Å². The van der Waals surface area contributed by atoms with Crippen LogP contribution in [0.1, 0.15) is 0 Å². The third-order valence-electron chi connectivity index (χ3n) is 8.64. The first-order chi connectivity index (χ1) is 20.3. The molecule has 1 heterocycles. The van der Waals surface area contributed by atoms with Crippen LogP contribution in [0.5, 0.6) is 0 Å². The van der Waals surface area contributed by atoms with Crippen LogP contribution in [0.4, 0.5) is 0 Å². The maximum atomic E-state index is 6.42. The van der Waals surface area contributed by atoms with E-state index in [-0.39, 0.29) is 0 Å². The van der Waals surface area contributed by atoms with Gasteiger partial charge in [0.15, 0.2) is 0 Å². The Morgan fingerprint density at radius 2 is 0.878 bits per heavy atom. The summed E-state index contributed by atoms with van der Waals surface area (Å²) in [6.07, 6.45) is 0. The topological polar surface area (TPSA) is 13.1 Å². The van der Waals surface area contributed by atoms with Gasteiger partial charge in [0, 0.05) is 10.8 Å². The summed E-state index contributed by atoms with van der Waals surface area (Å²) in [5, 5.41) is 4.93. The largest absolute Gasteiger partial charge is 0.456 e. The Bertz CT molecular complexity index is 2270. The minimum atomic E-state index is 0.911. The third-order valence-corrected chi connectivity index (χ3v) is 8.64. The van der Waals surface area contributed by atoms with E-state index in [1.165, 1.54) is 71.8 Å². The van der Waals surface area contributed by atoms with Crippen molar-refractivity contribution in [3.63, 3.8) is 0 Å². The molecule has 0 atom stereocenters. The van der Waals surface area contributed by atoms with Crippen molar-refractivity contribution >= 4 is 32.7 Å². The van der Waals surface area contributed by atoms with Crippen LogP contribution in [-0.4, -0.2) is 0 Å². The highest BCUT2D eigenvalue weighted by Gasteiger charge is 2.23. The lowest BCUT2D eigenvalue weighted by molar-refractivity contribution is 0.669.